The number of alkyl halides is 3. The molecule has 0 aliphatic carbocycles. The molecule has 2 rings (SSSR count). The molecule has 0 fully saturated rings. The largest absolute Gasteiger partial charge is 0.457 e. The molecule has 8 heteroatoms. The fourth-order valence-corrected chi connectivity index (χ4v) is 1.71. The van der Waals surface area contributed by atoms with Crippen LogP contribution in [0, 0.1) is 0 Å². The van der Waals surface area contributed by atoms with E-state index in [1.54, 1.807) is 18.2 Å². The first kappa shape index (κ1) is 16.2. The van der Waals surface area contributed by atoms with Crippen molar-refractivity contribution in [2.24, 2.45) is 0 Å². The molecule has 1 aliphatic heterocycles. The van der Waals surface area contributed by atoms with Crippen LogP contribution in [0.4, 0.5) is 13.2 Å². The molecule has 0 radical (unpaired) electrons. The zero-order chi connectivity index (χ0) is 16.3. The van der Waals surface area contributed by atoms with Crippen LogP contribution in [-0.2, 0) is 16.1 Å². The molecule has 0 saturated carbocycles. The molecule has 0 aromatic heterocycles. The van der Waals surface area contributed by atoms with Crippen molar-refractivity contribution < 1.29 is 37.3 Å². The number of carbonyl (C=O) groups excluding carboxylic acids is 1. The quantitative estimate of drug-likeness (QED) is 0.667. The van der Waals surface area contributed by atoms with E-state index in [2.05, 4.69) is 6.58 Å². The maximum absolute atomic E-state index is 12.2. The van der Waals surface area contributed by atoms with Crippen molar-refractivity contribution in [2.75, 3.05) is 6.79 Å². The Kier molecular flexibility index (Phi) is 4.60. The molecule has 1 aromatic carbocycles. The van der Waals surface area contributed by atoms with Crippen LogP contribution in [-0.4, -0.2) is 30.1 Å². The third-order valence-electron chi connectivity index (χ3n) is 2.91. The topological polar surface area (TPSA) is 65.0 Å². The maximum atomic E-state index is 12.2. The van der Waals surface area contributed by atoms with Crippen LogP contribution in [0.25, 0.3) is 0 Å². The molecule has 1 aliphatic rings. The Morgan fingerprint density at radius 3 is 2.73 bits per heavy atom. The maximum Gasteiger partial charge on any atom is 0.414 e. The normalized spacial score (nSPS) is 14.5. The van der Waals surface area contributed by atoms with Crippen LogP contribution < -0.4 is 9.47 Å². The van der Waals surface area contributed by atoms with Crippen molar-refractivity contribution in [3.63, 3.8) is 0 Å². The molecule has 0 amide bonds. The third-order valence-corrected chi connectivity index (χ3v) is 2.91. The number of aliphatic hydroxyl groups is 1. The van der Waals surface area contributed by atoms with E-state index in [0.29, 0.717) is 17.1 Å². The monoisotopic (exact) mass is 318 g/mol. The minimum absolute atomic E-state index is 0.102. The Bertz CT molecular complexity index is 582. The highest BCUT2D eigenvalue weighted by atomic mass is 19.4. The standard InChI is InChI=1S/C14H13F3O5/c1-8(4-12(18)14(15,16)17)13(19)20-6-9-2-3-10-11(5-9)22-7-21-10/h2-3,5,12,18H,1,4,6-7H2. The lowest BCUT2D eigenvalue weighted by Gasteiger charge is -2.15. The second-order valence-corrected chi connectivity index (χ2v) is 4.63. The molecule has 5 nitrogen and oxygen atoms in total. The number of hydrogen-bond donors (Lipinski definition) is 1. The number of aliphatic hydroxyl groups excluding tert-OH is 1. The van der Waals surface area contributed by atoms with E-state index in [-0.39, 0.29) is 13.4 Å². The molecule has 1 unspecified atom stereocenters. The summed E-state index contributed by atoms with van der Waals surface area (Å²) in [4.78, 5) is 11.6. The lowest BCUT2D eigenvalue weighted by molar-refractivity contribution is -0.203. The molecule has 1 heterocycles. The molecule has 22 heavy (non-hydrogen) atoms. The van der Waals surface area contributed by atoms with E-state index in [1.165, 1.54) is 0 Å². The van der Waals surface area contributed by atoms with Crippen LogP contribution in [0.1, 0.15) is 12.0 Å². The molecule has 1 atom stereocenters. The van der Waals surface area contributed by atoms with Gasteiger partial charge >= 0.3 is 12.1 Å². The van der Waals surface area contributed by atoms with Crippen molar-refractivity contribution in [3.8, 4) is 11.5 Å². The SMILES string of the molecule is C=C(CC(O)C(F)(F)F)C(=O)OCc1ccc2c(c1)OCO2. The number of carbonyl (C=O) groups is 1. The van der Waals surface area contributed by atoms with Crippen molar-refractivity contribution >= 4 is 5.97 Å². The van der Waals surface area contributed by atoms with Gasteiger partial charge < -0.3 is 19.3 Å². The fourth-order valence-electron chi connectivity index (χ4n) is 1.71. The zero-order valence-electron chi connectivity index (χ0n) is 11.4. The van der Waals surface area contributed by atoms with Crippen LogP contribution in [0.2, 0.25) is 0 Å². The van der Waals surface area contributed by atoms with Crippen LogP contribution in [0.15, 0.2) is 30.4 Å². The van der Waals surface area contributed by atoms with Crippen molar-refractivity contribution in [3.05, 3.63) is 35.9 Å². The Morgan fingerprint density at radius 1 is 1.36 bits per heavy atom. The van der Waals surface area contributed by atoms with Gasteiger partial charge in [-0.05, 0) is 17.7 Å². The summed E-state index contributed by atoms with van der Waals surface area (Å²) in [6.45, 7) is 3.14. The summed E-state index contributed by atoms with van der Waals surface area (Å²) in [6.07, 6.45) is -8.37. The van der Waals surface area contributed by atoms with Crippen LogP contribution >= 0.6 is 0 Å². The smallest absolute Gasteiger partial charge is 0.414 e. The van der Waals surface area contributed by atoms with Crippen LogP contribution in [0.3, 0.4) is 0 Å². The Labute approximate surface area is 123 Å². The summed E-state index contributed by atoms with van der Waals surface area (Å²) < 4.78 is 51.7. The van der Waals surface area contributed by atoms with Gasteiger partial charge in [0, 0.05) is 12.0 Å². The van der Waals surface area contributed by atoms with E-state index in [0.717, 1.165) is 0 Å². The molecule has 1 N–H and O–H groups in total. The summed E-state index contributed by atoms with van der Waals surface area (Å²) in [5, 5.41) is 8.87. The zero-order valence-corrected chi connectivity index (χ0v) is 11.4. The number of esters is 1. The molecule has 0 spiro atoms. The van der Waals surface area contributed by atoms with E-state index >= 15 is 0 Å². The Hall–Kier alpha value is -2.22. The number of rotatable bonds is 5. The summed E-state index contributed by atoms with van der Waals surface area (Å²) in [6, 6.07) is 4.87. The minimum atomic E-state index is -4.81. The number of halogens is 3. The van der Waals surface area contributed by atoms with Crippen LogP contribution in [0.5, 0.6) is 11.5 Å². The van der Waals surface area contributed by atoms with E-state index in [1.807, 2.05) is 0 Å². The lowest BCUT2D eigenvalue weighted by Crippen LogP contribution is -2.30. The first-order chi connectivity index (χ1) is 10.3. The molecular formula is C14H13F3O5. The minimum Gasteiger partial charge on any atom is -0.457 e. The Balaban J connectivity index is 1.86. The number of ether oxygens (including phenoxy) is 3. The van der Waals surface area contributed by atoms with Crippen molar-refractivity contribution in [1.29, 1.82) is 0 Å². The Morgan fingerprint density at radius 2 is 2.05 bits per heavy atom. The van der Waals surface area contributed by atoms with Gasteiger partial charge in [-0.1, -0.05) is 12.6 Å². The van der Waals surface area contributed by atoms with Gasteiger partial charge in [-0.25, -0.2) is 4.79 Å². The molecule has 1 aromatic rings. The van der Waals surface area contributed by atoms with Gasteiger partial charge in [0.1, 0.15) is 6.61 Å². The van der Waals surface area contributed by atoms with Crippen molar-refractivity contribution in [1.82, 2.24) is 0 Å². The molecule has 0 bridgehead atoms. The predicted octanol–water partition coefficient (Wildman–Crippen LogP) is 2.33. The second kappa shape index (κ2) is 6.27. The highest BCUT2D eigenvalue weighted by molar-refractivity contribution is 5.87. The van der Waals surface area contributed by atoms with Gasteiger partial charge in [0.15, 0.2) is 17.6 Å². The predicted molar refractivity (Wildman–Crippen MR) is 68.2 cm³/mol. The molecule has 0 saturated heterocycles. The first-order valence-electron chi connectivity index (χ1n) is 6.25. The van der Waals surface area contributed by atoms with E-state index in [4.69, 9.17) is 19.3 Å². The summed E-state index contributed by atoms with van der Waals surface area (Å²) >= 11 is 0. The van der Waals surface area contributed by atoms with Crippen molar-refractivity contribution in [2.45, 2.75) is 25.3 Å². The van der Waals surface area contributed by atoms with Gasteiger partial charge in [0.05, 0.1) is 0 Å². The summed E-state index contributed by atoms with van der Waals surface area (Å²) in [5.74, 6) is 0.0635. The molecule has 120 valence electrons. The first-order valence-corrected chi connectivity index (χ1v) is 6.25. The van der Waals surface area contributed by atoms with E-state index in [9.17, 15) is 18.0 Å². The van der Waals surface area contributed by atoms with E-state index < -0.39 is 30.2 Å². The number of hydrogen-bond acceptors (Lipinski definition) is 5. The average molecular weight is 318 g/mol. The van der Waals surface area contributed by atoms with Gasteiger partial charge in [0.25, 0.3) is 0 Å². The third kappa shape index (κ3) is 3.91. The van der Waals surface area contributed by atoms with Gasteiger partial charge in [0.2, 0.25) is 6.79 Å². The van der Waals surface area contributed by atoms with Gasteiger partial charge in [-0.15, -0.1) is 0 Å². The number of fused-ring (bicyclic) bond motifs is 1. The fraction of sp³-hybridized carbons (Fsp3) is 0.357. The lowest BCUT2D eigenvalue weighted by atomic mass is 10.1. The molecular weight excluding hydrogens is 305 g/mol. The average Bonchev–Trinajstić information content (AvgIpc) is 2.90. The highest BCUT2D eigenvalue weighted by Gasteiger charge is 2.39. The van der Waals surface area contributed by atoms with Gasteiger partial charge in [-0.3, -0.25) is 0 Å². The van der Waals surface area contributed by atoms with Gasteiger partial charge in [-0.2, -0.15) is 13.2 Å². The highest BCUT2D eigenvalue weighted by Crippen LogP contribution is 2.32. The second-order valence-electron chi connectivity index (χ2n) is 4.63. The summed E-state index contributed by atoms with van der Waals surface area (Å²) in [7, 11) is 0. The summed E-state index contributed by atoms with van der Waals surface area (Å²) in [5.41, 5.74) is 0.132. The number of benzene rings is 1.